The van der Waals surface area contributed by atoms with E-state index < -0.39 is 4.92 Å². The van der Waals surface area contributed by atoms with E-state index in [9.17, 15) is 10.1 Å². The van der Waals surface area contributed by atoms with E-state index in [0.29, 0.717) is 6.61 Å². The van der Waals surface area contributed by atoms with Crippen molar-refractivity contribution >= 4 is 5.69 Å². The molecule has 0 aromatic heterocycles. The highest BCUT2D eigenvalue weighted by Crippen LogP contribution is 2.19. The Bertz CT molecular complexity index is 344. The summed E-state index contributed by atoms with van der Waals surface area (Å²) in [5.41, 5.74) is 1.15. The minimum Gasteiger partial charge on any atom is -0.378 e. The van der Waals surface area contributed by atoms with Crippen molar-refractivity contribution in [2.45, 2.75) is 6.04 Å². The van der Waals surface area contributed by atoms with Gasteiger partial charge in [0.05, 0.1) is 24.2 Å². The zero-order chi connectivity index (χ0) is 10.7. The highest BCUT2D eigenvalue weighted by molar-refractivity contribution is 5.34. The van der Waals surface area contributed by atoms with Crippen molar-refractivity contribution in [2.75, 3.05) is 19.8 Å². The van der Waals surface area contributed by atoms with Gasteiger partial charge in [0, 0.05) is 18.7 Å². The van der Waals surface area contributed by atoms with Crippen molar-refractivity contribution in [2.24, 2.45) is 0 Å². The van der Waals surface area contributed by atoms with Crippen molar-refractivity contribution in [1.82, 2.24) is 5.32 Å². The van der Waals surface area contributed by atoms with Crippen LogP contribution in [0.4, 0.5) is 5.69 Å². The third-order valence-corrected chi connectivity index (χ3v) is 2.43. The highest BCUT2D eigenvalue weighted by atomic mass is 16.6. The highest BCUT2D eigenvalue weighted by Gasteiger charge is 2.15. The van der Waals surface area contributed by atoms with Crippen molar-refractivity contribution < 1.29 is 9.66 Å². The number of hydrogen-bond acceptors (Lipinski definition) is 4. The lowest BCUT2D eigenvalue weighted by atomic mass is 10.1. The van der Waals surface area contributed by atoms with Crippen LogP contribution in [0.3, 0.4) is 0 Å². The lowest BCUT2D eigenvalue weighted by Gasteiger charge is -2.23. The Hall–Kier alpha value is -1.46. The minimum atomic E-state index is -0.394. The maximum atomic E-state index is 10.5. The molecule has 0 saturated carbocycles. The van der Waals surface area contributed by atoms with Crippen molar-refractivity contribution in [1.29, 1.82) is 0 Å². The molecule has 1 fully saturated rings. The maximum Gasteiger partial charge on any atom is 0.269 e. The summed E-state index contributed by atoms with van der Waals surface area (Å²) in [5.74, 6) is 0. The minimum absolute atomic E-state index is 0.121. The molecule has 0 spiro atoms. The smallest absolute Gasteiger partial charge is 0.269 e. The molecule has 0 amide bonds. The summed E-state index contributed by atoms with van der Waals surface area (Å²) >= 11 is 0. The maximum absolute atomic E-state index is 10.5. The van der Waals surface area contributed by atoms with Crippen LogP contribution >= 0.6 is 0 Å². The van der Waals surface area contributed by atoms with Crippen LogP contribution in [-0.4, -0.2) is 24.7 Å². The third kappa shape index (κ3) is 2.31. The molecule has 15 heavy (non-hydrogen) atoms. The van der Waals surface area contributed by atoms with E-state index in [-0.39, 0.29) is 11.7 Å². The lowest BCUT2D eigenvalue weighted by Crippen LogP contribution is -2.34. The normalized spacial score (nSPS) is 21.2. The van der Waals surface area contributed by atoms with E-state index in [0.717, 1.165) is 18.7 Å². The first kappa shape index (κ1) is 10.1. The first-order chi connectivity index (χ1) is 7.27. The Balaban J connectivity index is 2.11. The molecule has 1 aliphatic rings. The largest absolute Gasteiger partial charge is 0.378 e. The number of rotatable bonds is 2. The molecule has 1 N–H and O–H groups in total. The number of morpholine rings is 1. The zero-order valence-electron chi connectivity index (χ0n) is 8.18. The summed E-state index contributed by atoms with van der Waals surface area (Å²) in [6.07, 6.45) is 0. The number of nitrogens with one attached hydrogen (secondary N) is 1. The van der Waals surface area contributed by atoms with Gasteiger partial charge in [-0.25, -0.2) is 0 Å². The SMILES string of the molecule is O=[N+]([O-])c1ccc([C@H]2COCCN2)cc1. The number of nitro benzene ring substituents is 1. The van der Waals surface area contributed by atoms with Gasteiger partial charge in [0.2, 0.25) is 0 Å². The van der Waals surface area contributed by atoms with Gasteiger partial charge in [0.15, 0.2) is 0 Å². The first-order valence-corrected chi connectivity index (χ1v) is 4.83. The fourth-order valence-corrected chi connectivity index (χ4v) is 1.61. The monoisotopic (exact) mass is 208 g/mol. The molecule has 1 atom stereocenters. The van der Waals surface area contributed by atoms with Gasteiger partial charge in [-0.1, -0.05) is 12.1 Å². The van der Waals surface area contributed by atoms with E-state index in [2.05, 4.69) is 5.32 Å². The predicted octanol–water partition coefficient (Wildman–Crippen LogP) is 1.26. The van der Waals surface area contributed by atoms with E-state index >= 15 is 0 Å². The molecule has 0 radical (unpaired) electrons. The molecule has 1 heterocycles. The van der Waals surface area contributed by atoms with Crippen LogP contribution in [0, 0.1) is 10.1 Å². The molecule has 0 aliphatic carbocycles. The van der Waals surface area contributed by atoms with Crippen LogP contribution in [0.15, 0.2) is 24.3 Å². The van der Waals surface area contributed by atoms with Gasteiger partial charge < -0.3 is 10.1 Å². The Morgan fingerprint density at radius 2 is 2.13 bits per heavy atom. The third-order valence-electron chi connectivity index (χ3n) is 2.43. The van der Waals surface area contributed by atoms with Gasteiger partial charge in [-0.05, 0) is 5.56 Å². The summed E-state index contributed by atoms with van der Waals surface area (Å²) < 4.78 is 5.32. The zero-order valence-corrected chi connectivity index (χ0v) is 8.18. The number of non-ortho nitro benzene ring substituents is 1. The lowest BCUT2D eigenvalue weighted by molar-refractivity contribution is -0.384. The van der Waals surface area contributed by atoms with E-state index in [4.69, 9.17) is 4.74 Å². The van der Waals surface area contributed by atoms with Gasteiger partial charge in [0.1, 0.15) is 0 Å². The van der Waals surface area contributed by atoms with E-state index in [1.54, 1.807) is 12.1 Å². The van der Waals surface area contributed by atoms with Crippen LogP contribution in [0.25, 0.3) is 0 Å². The Kier molecular flexibility index (Phi) is 2.94. The molecular formula is C10H12N2O3. The summed E-state index contributed by atoms with van der Waals surface area (Å²) in [7, 11) is 0. The van der Waals surface area contributed by atoms with Crippen LogP contribution in [-0.2, 0) is 4.74 Å². The second-order valence-electron chi connectivity index (χ2n) is 3.43. The molecule has 2 rings (SSSR count). The van der Waals surface area contributed by atoms with Crippen molar-refractivity contribution in [3.63, 3.8) is 0 Å². The van der Waals surface area contributed by atoms with Crippen LogP contribution in [0.2, 0.25) is 0 Å². The second-order valence-corrected chi connectivity index (χ2v) is 3.43. The molecule has 80 valence electrons. The van der Waals surface area contributed by atoms with E-state index in [1.807, 2.05) is 0 Å². The molecule has 1 saturated heterocycles. The van der Waals surface area contributed by atoms with Gasteiger partial charge >= 0.3 is 0 Å². The fraction of sp³-hybridized carbons (Fsp3) is 0.400. The summed E-state index contributed by atoms with van der Waals surface area (Å²) in [6.45, 7) is 2.17. The fourth-order valence-electron chi connectivity index (χ4n) is 1.61. The molecule has 1 aromatic rings. The molecule has 1 aromatic carbocycles. The molecule has 5 nitrogen and oxygen atoms in total. The predicted molar refractivity (Wildman–Crippen MR) is 54.7 cm³/mol. The average molecular weight is 208 g/mol. The standard InChI is InChI=1S/C10H12N2O3/c13-12(14)9-3-1-8(2-4-9)10-7-15-6-5-11-10/h1-4,10-11H,5-7H2/t10-/m1/s1. The van der Waals surface area contributed by atoms with E-state index in [1.165, 1.54) is 12.1 Å². The first-order valence-electron chi connectivity index (χ1n) is 4.83. The van der Waals surface area contributed by atoms with Crippen LogP contribution in [0.1, 0.15) is 11.6 Å². The quantitative estimate of drug-likeness (QED) is 0.587. The topological polar surface area (TPSA) is 64.4 Å². The molecule has 5 heteroatoms. The molecule has 0 bridgehead atoms. The van der Waals surface area contributed by atoms with Crippen molar-refractivity contribution in [3.05, 3.63) is 39.9 Å². The second kappa shape index (κ2) is 4.37. The van der Waals surface area contributed by atoms with Crippen LogP contribution in [0.5, 0.6) is 0 Å². The van der Waals surface area contributed by atoms with Crippen molar-refractivity contribution in [3.8, 4) is 0 Å². The average Bonchev–Trinajstić information content (AvgIpc) is 2.30. The van der Waals surface area contributed by atoms with Gasteiger partial charge in [-0.3, -0.25) is 10.1 Å². The van der Waals surface area contributed by atoms with Gasteiger partial charge in [-0.2, -0.15) is 0 Å². The number of ether oxygens (including phenoxy) is 1. The van der Waals surface area contributed by atoms with Gasteiger partial charge in [-0.15, -0.1) is 0 Å². The Labute approximate surface area is 87.2 Å². The Morgan fingerprint density at radius 1 is 1.40 bits per heavy atom. The summed E-state index contributed by atoms with van der Waals surface area (Å²) in [6, 6.07) is 6.73. The molecule has 1 aliphatic heterocycles. The number of nitro groups is 1. The number of hydrogen-bond donors (Lipinski definition) is 1. The van der Waals surface area contributed by atoms with Crippen LogP contribution < -0.4 is 5.32 Å². The Morgan fingerprint density at radius 3 is 2.67 bits per heavy atom. The summed E-state index contributed by atoms with van der Waals surface area (Å²) in [5, 5.41) is 13.7. The van der Waals surface area contributed by atoms with Gasteiger partial charge in [0.25, 0.3) is 5.69 Å². The molecular weight excluding hydrogens is 196 g/mol. The summed E-state index contributed by atoms with van der Waals surface area (Å²) in [4.78, 5) is 10.1. The number of benzene rings is 1. The molecule has 0 unspecified atom stereocenters. The number of nitrogens with zero attached hydrogens (tertiary/aromatic N) is 1.